The number of fused-ring (bicyclic) bond motifs is 1. The third-order valence-electron chi connectivity index (χ3n) is 4.21. The zero-order chi connectivity index (χ0) is 20.2. The topological polar surface area (TPSA) is 76.3 Å². The number of nitrogens with zero attached hydrogens (tertiary/aromatic N) is 3. The van der Waals surface area contributed by atoms with Crippen molar-refractivity contribution in [1.29, 1.82) is 0 Å². The molecule has 0 spiro atoms. The van der Waals surface area contributed by atoms with Crippen LogP contribution in [0.15, 0.2) is 76.2 Å². The molecular weight excluding hydrogens is 408 g/mol. The number of nitrogens with one attached hydrogen (secondary N) is 1. The Hall–Kier alpha value is -3.29. The lowest BCUT2D eigenvalue weighted by Crippen LogP contribution is -2.30. The molecule has 144 valence electrons. The Labute approximate surface area is 175 Å². The normalized spacial score (nSPS) is 11.2. The Balaban J connectivity index is 1.54. The molecule has 2 aromatic heterocycles. The average molecular weight is 423 g/mol. The number of carbonyl (C=O) groups excluding carboxylic acids is 1. The van der Waals surface area contributed by atoms with Gasteiger partial charge in [0, 0.05) is 16.0 Å². The van der Waals surface area contributed by atoms with Crippen LogP contribution in [-0.2, 0) is 11.3 Å². The van der Waals surface area contributed by atoms with Crippen LogP contribution in [0, 0.1) is 0 Å². The third-order valence-corrected chi connectivity index (χ3v) is 5.33. The van der Waals surface area contributed by atoms with Crippen molar-refractivity contribution in [2.75, 3.05) is 0 Å². The minimum Gasteiger partial charge on any atom is -0.289 e. The van der Waals surface area contributed by atoms with Gasteiger partial charge in [0.15, 0.2) is 0 Å². The van der Waals surface area contributed by atoms with E-state index in [1.165, 1.54) is 28.4 Å². The first-order chi connectivity index (χ1) is 14.1. The van der Waals surface area contributed by atoms with Crippen molar-refractivity contribution >= 4 is 45.3 Å². The van der Waals surface area contributed by atoms with Crippen molar-refractivity contribution in [2.24, 2.45) is 5.10 Å². The molecule has 0 saturated heterocycles. The molecule has 1 N–H and O–H groups in total. The van der Waals surface area contributed by atoms with Crippen molar-refractivity contribution in [2.45, 2.75) is 6.54 Å². The molecule has 8 heteroatoms. The van der Waals surface area contributed by atoms with Gasteiger partial charge in [-0.25, -0.2) is 10.4 Å². The van der Waals surface area contributed by atoms with E-state index in [2.05, 4.69) is 15.5 Å². The molecule has 4 rings (SSSR count). The molecule has 0 saturated carbocycles. The summed E-state index contributed by atoms with van der Waals surface area (Å²) in [5.41, 5.74) is 4.66. The van der Waals surface area contributed by atoms with Gasteiger partial charge in [-0.2, -0.15) is 5.10 Å². The summed E-state index contributed by atoms with van der Waals surface area (Å²) in [5, 5.41) is 6.91. The monoisotopic (exact) mass is 422 g/mol. The van der Waals surface area contributed by atoms with Gasteiger partial charge in [-0.05, 0) is 23.3 Å². The van der Waals surface area contributed by atoms with Gasteiger partial charge in [-0.3, -0.25) is 14.2 Å². The minimum atomic E-state index is -0.428. The van der Waals surface area contributed by atoms with E-state index in [0.29, 0.717) is 15.2 Å². The summed E-state index contributed by atoms with van der Waals surface area (Å²) in [7, 11) is 0. The molecule has 4 aromatic rings. The maximum absolute atomic E-state index is 12.9. The molecule has 0 radical (unpaired) electrons. The molecule has 0 aliphatic heterocycles. The number of rotatable bonds is 5. The predicted molar refractivity (Wildman–Crippen MR) is 117 cm³/mol. The molecule has 1 amide bonds. The molecular formula is C21H15ClN4O2S. The Bertz CT molecular complexity index is 1260. The van der Waals surface area contributed by atoms with Gasteiger partial charge in [0.05, 0.1) is 17.9 Å². The maximum atomic E-state index is 12.9. The SMILES string of the molecule is O=C(Cn1cnc2scc(-c3ccccc3)c2c1=O)N/N=C\c1cccc(Cl)c1. The second-order valence-corrected chi connectivity index (χ2v) is 7.52. The van der Waals surface area contributed by atoms with Crippen LogP contribution in [0.4, 0.5) is 0 Å². The number of carbonyl (C=O) groups is 1. The molecule has 0 atom stereocenters. The fraction of sp³-hybridized carbons (Fsp3) is 0.0476. The molecule has 2 heterocycles. The fourth-order valence-corrected chi connectivity index (χ4v) is 3.97. The predicted octanol–water partition coefficient (Wildman–Crippen LogP) is 3.93. The lowest BCUT2D eigenvalue weighted by molar-refractivity contribution is -0.121. The highest BCUT2D eigenvalue weighted by Gasteiger charge is 2.14. The number of thiophene rings is 1. The van der Waals surface area contributed by atoms with E-state index in [0.717, 1.165) is 16.7 Å². The fourth-order valence-electron chi connectivity index (χ4n) is 2.87. The molecule has 2 aromatic carbocycles. The van der Waals surface area contributed by atoms with Gasteiger partial charge in [0.1, 0.15) is 11.4 Å². The average Bonchev–Trinajstić information content (AvgIpc) is 3.16. The van der Waals surface area contributed by atoms with Crippen molar-refractivity contribution in [3.8, 4) is 11.1 Å². The van der Waals surface area contributed by atoms with Crippen LogP contribution in [0.5, 0.6) is 0 Å². The second-order valence-electron chi connectivity index (χ2n) is 6.22. The largest absolute Gasteiger partial charge is 0.289 e. The minimum absolute atomic E-state index is 0.182. The number of benzene rings is 2. The Morgan fingerprint density at radius 1 is 1.21 bits per heavy atom. The van der Waals surface area contributed by atoms with Gasteiger partial charge in [-0.15, -0.1) is 11.3 Å². The first kappa shape index (κ1) is 19.0. The van der Waals surface area contributed by atoms with E-state index >= 15 is 0 Å². The molecule has 0 fully saturated rings. The molecule has 0 aliphatic rings. The highest BCUT2D eigenvalue weighted by Crippen LogP contribution is 2.30. The summed E-state index contributed by atoms with van der Waals surface area (Å²) in [6.45, 7) is -0.182. The Morgan fingerprint density at radius 2 is 2.03 bits per heavy atom. The van der Waals surface area contributed by atoms with Gasteiger partial charge in [0.2, 0.25) is 0 Å². The smallest absolute Gasteiger partial charge is 0.263 e. The second kappa shape index (κ2) is 8.38. The van der Waals surface area contributed by atoms with Crippen LogP contribution in [0.2, 0.25) is 5.02 Å². The Morgan fingerprint density at radius 3 is 2.83 bits per heavy atom. The van der Waals surface area contributed by atoms with E-state index in [9.17, 15) is 9.59 Å². The van der Waals surface area contributed by atoms with Crippen molar-refractivity contribution in [3.05, 3.63) is 87.2 Å². The molecule has 0 aliphatic carbocycles. The van der Waals surface area contributed by atoms with E-state index in [4.69, 9.17) is 11.6 Å². The third kappa shape index (κ3) is 4.26. The van der Waals surface area contributed by atoms with Crippen LogP contribution < -0.4 is 11.0 Å². The summed E-state index contributed by atoms with van der Waals surface area (Å²) in [6.07, 6.45) is 2.87. The molecule has 0 bridgehead atoms. The number of hydrogen-bond donors (Lipinski definition) is 1. The standard InChI is InChI=1S/C21H15ClN4O2S/c22-16-8-4-5-14(9-16)10-24-25-18(27)11-26-13-23-20-19(21(26)28)17(12-29-20)15-6-2-1-3-7-15/h1-10,12-13H,11H2,(H,25,27)/b24-10-. The number of aromatic nitrogens is 2. The van der Waals surface area contributed by atoms with Crippen LogP contribution in [-0.4, -0.2) is 21.7 Å². The highest BCUT2D eigenvalue weighted by atomic mass is 35.5. The zero-order valence-corrected chi connectivity index (χ0v) is 16.7. The van der Waals surface area contributed by atoms with Crippen LogP contribution in [0.3, 0.4) is 0 Å². The number of hydrazone groups is 1. The van der Waals surface area contributed by atoms with Crippen molar-refractivity contribution < 1.29 is 4.79 Å². The van der Waals surface area contributed by atoms with Crippen LogP contribution in [0.25, 0.3) is 21.3 Å². The summed E-state index contributed by atoms with van der Waals surface area (Å²) in [5.74, 6) is -0.428. The number of hydrogen-bond acceptors (Lipinski definition) is 5. The summed E-state index contributed by atoms with van der Waals surface area (Å²) >= 11 is 7.32. The quantitative estimate of drug-likeness (QED) is 0.391. The van der Waals surface area contributed by atoms with Crippen LogP contribution in [0.1, 0.15) is 5.56 Å². The van der Waals surface area contributed by atoms with E-state index in [1.807, 2.05) is 41.8 Å². The highest BCUT2D eigenvalue weighted by molar-refractivity contribution is 7.17. The number of halogens is 1. The summed E-state index contributed by atoms with van der Waals surface area (Å²) in [6, 6.07) is 16.7. The zero-order valence-electron chi connectivity index (χ0n) is 15.1. The van der Waals surface area contributed by atoms with E-state index in [1.54, 1.807) is 18.2 Å². The number of amides is 1. The molecule has 29 heavy (non-hydrogen) atoms. The van der Waals surface area contributed by atoms with Crippen molar-refractivity contribution in [1.82, 2.24) is 15.0 Å². The van der Waals surface area contributed by atoms with Crippen molar-refractivity contribution in [3.63, 3.8) is 0 Å². The molecule has 0 unspecified atom stereocenters. The van der Waals surface area contributed by atoms with E-state index < -0.39 is 5.91 Å². The first-order valence-corrected chi connectivity index (χ1v) is 9.97. The lowest BCUT2D eigenvalue weighted by atomic mass is 10.1. The van der Waals surface area contributed by atoms with Gasteiger partial charge >= 0.3 is 0 Å². The van der Waals surface area contributed by atoms with E-state index in [-0.39, 0.29) is 12.1 Å². The summed E-state index contributed by atoms with van der Waals surface area (Å²) < 4.78 is 1.28. The summed E-state index contributed by atoms with van der Waals surface area (Å²) in [4.78, 5) is 30.1. The van der Waals surface area contributed by atoms with Gasteiger partial charge < -0.3 is 0 Å². The first-order valence-electron chi connectivity index (χ1n) is 8.71. The maximum Gasteiger partial charge on any atom is 0.263 e. The Kier molecular flexibility index (Phi) is 5.50. The van der Waals surface area contributed by atoms with Gasteiger partial charge in [0.25, 0.3) is 11.5 Å². The van der Waals surface area contributed by atoms with Crippen LogP contribution >= 0.6 is 22.9 Å². The lowest BCUT2D eigenvalue weighted by Gasteiger charge is -2.05. The van der Waals surface area contributed by atoms with Gasteiger partial charge in [-0.1, -0.05) is 54.1 Å². The molecule has 6 nitrogen and oxygen atoms in total.